The Balaban J connectivity index is 2.07. The second-order valence-electron chi connectivity index (χ2n) is 3.57. The highest BCUT2D eigenvalue weighted by Gasteiger charge is 2.15. The largest absolute Gasteiger partial charge is 0.294 e. The highest BCUT2D eigenvalue weighted by atomic mass is 35.5. The van der Waals surface area contributed by atoms with Crippen molar-refractivity contribution in [2.24, 2.45) is 7.05 Å². The van der Waals surface area contributed by atoms with Crippen LogP contribution in [0.4, 0.5) is 0 Å². The van der Waals surface area contributed by atoms with Crippen molar-refractivity contribution in [1.82, 2.24) is 9.78 Å². The Morgan fingerprint density at radius 3 is 2.65 bits per heavy atom. The third-order valence-corrected chi connectivity index (χ3v) is 3.33. The number of halogens is 1. The number of thiophene rings is 1. The van der Waals surface area contributed by atoms with Crippen molar-refractivity contribution in [2.75, 3.05) is 0 Å². The molecule has 0 aliphatic carbocycles. The summed E-state index contributed by atoms with van der Waals surface area (Å²) in [4.78, 5) is 23.5. The van der Waals surface area contributed by atoms with Crippen molar-refractivity contribution in [3.8, 4) is 0 Å². The predicted octanol–water partition coefficient (Wildman–Crippen LogP) is 2.59. The van der Waals surface area contributed by atoms with Gasteiger partial charge in [0.25, 0.3) is 0 Å². The molecular formula is C11H9ClN2O2S. The average Bonchev–Trinajstić information content (AvgIpc) is 2.87. The molecule has 0 aromatic carbocycles. The number of nitrogens with zero attached hydrogens (tertiary/aromatic N) is 2. The number of hydrogen-bond donors (Lipinski definition) is 0. The molecule has 0 amide bonds. The summed E-state index contributed by atoms with van der Waals surface area (Å²) in [6.07, 6.45) is 2.89. The van der Waals surface area contributed by atoms with E-state index < -0.39 is 0 Å². The van der Waals surface area contributed by atoms with Crippen LogP contribution in [0.25, 0.3) is 0 Å². The molecule has 0 N–H and O–H groups in total. The zero-order chi connectivity index (χ0) is 12.4. The van der Waals surface area contributed by atoms with Gasteiger partial charge in [0.05, 0.1) is 22.5 Å². The van der Waals surface area contributed by atoms with Crippen LogP contribution in [-0.2, 0) is 7.05 Å². The Bertz CT molecular complexity index is 523. The maximum Gasteiger partial charge on any atom is 0.173 e. The van der Waals surface area contributed by atoms with Gasteiger partial charge < -0.3 is 0 Å². The number of carbonyl (C=O) groups excluding carboxylic acids is 2. The van der Waals surface area contributed by atoms with Crippen molar-refractivity contribution < 1.29 is 9.59 Å². The minimum atomic E-state index is -0.231. The van der Waals surface area contributed by atoms with Gasteiger partial charge in [-0.15, -0.1) is 11.3 Å². The summed E-state index contributed by atoms with van der Waals surface area (Å²) in [5, 5.41) is 5.54. The Morgan fingerprint density at radius 2 is 2.12 bits per heavy atom. The maximum absolute atomic E-state index is 11.7. The monoisotopic (exact) mass is 268 g/mol. The molecule has 88 valence electrons. The van der Waals surface area contributed by atoms with E-state index >= 15 is 0 Å². The molecule has 2 heterocycles. The lowest BCUT2D eigenvalue weighted by Gasteiger charge is -1.95. The summed E-state index contributed by atoms with van der Waals surface area (Å²) < 4.78 is 2.07. The first kappa shape index (κ1) is 12.0. The van der Waals surface area contributed by atoms with Crippen molar-refractivity contribution in [1.29, 1.82) is 0 Å². The molecule has 0 aliphatic heterocycles. The van der Waals surface area contributed by atoms with Gasteiger partial charge in [-0.2, -0.15) is 5.10 Å². The Hall–Kier alpha value is -1.46. The minimum Gasteiger partial charge on any atom is -0.294 e. The molecule has 0 saturated heterocycles. The zero-order valence-corrected chi connectivity index (χ0v) is 10.6. The number of carbonyl (C=O) groups is 2. The average molecular weight is 269 g/mol. The fourth-order valence-corrected chi connectivity index (χ4v) is 2.26. The summed E-state index contributed by atoms with van der Waals surface area (Å²) in [5.41, 5.74) is 0.930. The first-order valence-corrected chi connectivity index (χ1v) is 6.11. The van der Waals surface area contributed by atoms with E-state index in [-0.39, 0.29) is 18.0 Å². The molecule has 0 atom stereocenters. The van der Waals surface area contributed by atoms with E-state index in [9.17, 15) is 9.59 Å². The van der Waals surface area contributed by atoms with Gasteiger partial charge >= 0.3 is 0 Å². The van der Waals surface area contributed by atoms with Crippen molar-refractivity contribution >= 4 is 34.5 Å². The number of aromatic nitrogens is 2. The van der Waals surface area contributed by atoms with Crippen LogP contribution in [0, 0.1) is 0 Å². The van der Waals surface area contributed by atoms with Crippen LogP contribution in [0.1, 0.15) is 27.1 Å². The molecule has 0 saturated carbocycles. The lowest BCUT2D eigenvalue weighted by atomic mass is 10.1. The standard InChI is InChI=1S/C11H9ClN2O2S/c1-14-5-8(4-13-14)10(16)3-9(15)7-2-11(12)17-6-7/h2,4-6H,3H2,1H3. The van der Waals surface area contributed by atoms with Crippen molar-refractivity contribution in [3.63, 3.8) is 0 Å². The SMILES string of the molecule is Cn1cc(C(=O)CC(=O)c2csc(Cl)c2)cn1. The van der Waals surface area contributed by atoms with Crippen LogP contribution in [0.15, 0.2) is 23.8 Å². The smallest absolute Gasteiger partial charge is 0.173 e. The van der Waals surface area contributed by atoms with Gasteiger partial charge in [-0.1, -0.05) is 11.6 Å². The van der Waals surface area contributed by atoms with Gasteiger partial charge in [-0.05, 0) is 6.07 Å². The van der Waals surface area contributed by atoms with Crippen LogP contribution >= 0.6 is 22.9 Å². The second kappa shape index (κ2) is 4.81. The van der Waals surface area contributed by atoms with E-state index in [4.69, 9.17) is 11.6 Å². The molecular weight excluding hydrogens is 260 g/mol. The molecule has 2 rings (SSSR count). The molecule has 0 radical (unpaired) electrons. The molecule has 0 fully saturated rings. The highest BCUT2D eigenvalue weighted by molar-refractivity contribution is 7.14. The van der Waals surface area contributed by atoms with Gasteiger partial charge in [0, 0.05) is 24.2 Å². The molecule has 17 heavy (non-hydrogen) atoms. The van der Waals surface area contributed by atoms with Crippen LogP contribution in [-0.4, -0.2) is 21.3 Å². The summed E-state index contributed by atoms with van der Waals surface area (Å²) >= 11 is 7.01. The molecule has 0 unspecified atom stereocenters. The third kappa shape index (κ3) is 2.81. The van der Waals surface area contributed by atoms with E-state index in [1.54, 1.807) is 24.7 Å². The number of hydrogen-bond acceptors (Lipinski definition) is 4. The van der Waals surface area contributed by atoms with Crippen LogP contribution in [0.2, 0.25) is 4.34 Å². The normalized spacial score (nSPS) is 10.5. The first-order valence-electron chi connectivity index (χ1n) is 4.85. The first-order chi connectivity index (χ1) is 8.06. The van der Waals surface area contributed by atoms with Crippen LogP contribution < -0.4 is 0 Å². The van der Waals surface area contributed by atoms with E-state index in [0.29, 0.717) is 15.5 Å². The number of Topliss-reactive ketones (excluding diaryl/α,β-unsaturated/α-hetero) is 2. The zero-order valence-electron chi connectivity index (χ0n) is 9.01. The van der Waals surface area contributed by atoms with E-state index in [1.807, 2.05) is 0 Å². The summed E-state index contributed by atoms with van der Waals surface area (Å²) in [6, 6.07) is 1.57. The van der Waals surface area contributed by atoms with E-state index in [2.05, 4.69) is 5.10 Å². The number of rotatable bonds is 4. The summed E-state index contributed by atoms with van der Waals surface area (Å²) in [6.45, 7) is 0. The van der Waals surface area contributed by atoms with Gasteiger partial charge in [0.15, 0.2) is 11.6 Å². The number of ketones is 2. The van der Waals surface area contributed by atoms with Crippen LogP contribution in [0.5, 0.6) is 0 Å². The topological polar surface area (TPSA) is 52.0 Å². The Labute approximate surface area is 107 Å². The van der Waals surface area contributed by atoms with Gasteiger partial charge in [0.1, 0.15) is 0 Å². The number of aryl methyl sites for hydroxylation is 1. The Kier molecular flexibility index (Phi) is 3.40. The quantitative estimate of drug-likeness (QED) is 0.633. The lowest BCUT2D eigenvalue weighted by molar-refractivity contribution is 0.0894. The second-order valence-corrected chi connectivity index (χ2v) is 5.11. The molecule has 2 aromatic rings. The molecule has 0 bridgehead atoms. The summed E-state index contributed by atoms with van der Waals surface area (Å²) in [5.74, 6) is -0.451. The van der Waals surface area contributed by atoms with Gasteiger partial charge in [-0.25, -0.2) is 0 Å². The molecule has 4 nitrogen and oxygen atoms in total. The highest BCUT2D eigenvalue weighted by Crippen LogP contribution is 2.21. The Morgan fingerprint density at radius 1 is 1.41 bits per heavy atom. The minimum absolute atomic E-state index is 0.154. The maximum atomic E-state index is 11.7. The summed E-state index contributed by atoms with van der Waals surface area (Å²) in [7, 11) is 1.72. The van der Waals surface area contributed by atoms with E-state index in [1.165, 1.54) is 22.2 Å². The van der Waals surface area contributed by atoms with Gasteiger partial charge in [0.2, 0.25) is 0 Å². The fraction of sp³-hybridized carbons (Fsp3) is 0.182. The lowest BCUT2D eigenvalue weighted by Crippen LogP contribution is -2.07. The molecule has 0 spiro atoms. The fourth-order valence-electron chi connectivity index (χ4n) is 1.37. The third-order valence-electron chi connectivity index (χ3n) is 2.24. The van der Waals surface area contributed by atoms with Gasteiger partial charge in [-0.3, -0.25) is 14.3 Å². The van der Waals surface area contributed by atoms with E-state index in [0.717, 1.165) is 0 Å². The molecule has 0 aliphatic rings. The molecule has 2 aromatic heterocycles. The van der Waals surface area contributed by atoms with Crippen LogP contribution in [0.3, 0.4) is 0 Å². The van der Waals surface area contributed by atoms with Crippen molar-refractivity contribution in [2.45, 2.75) is 6.42 Å². The predicted molar refractivity (Wildman–Crippen MR) is 65.8 cm³/mol. The molecule has 6 heteroatoms. The van der Waals surface area contributed by atoms with Crippen molar-refractivity contribution in [3.05, 3.63) is 39.3 Å².